The van der Waals surface area contributed by atoms with Crippen molar-refractivity contribution in [1.29, 1.82) is 0 Å². The van der Waals surface area contributed by atoms with Crippen molar-refractivity contribution in [3.63, 3.8) is 0 Å². The number of nitrogens with zero attached hydrogens (tertiary/aromatic N) is 2. The van der Waals surface area contributed by atoms with E-state index in [4.69, 9.17) is 9.72 Å². The number of anilines is 1. The molecule has 27 heavy (non-hydrogen) atoms. The number of rotatable bonds is 3. The number of fused-ring (bicyclic) bond motifs is 2. The molecule has 136 valence electrons. The zero-order valence-electron chi connectivity index (χ0n) is 15.4. The standard InChI is InChI=1S/C23H22N2O2/c1-27-23(26)13-12-18-15-22(24-21-11-5-4-10-20(18)21)25-14-6-9-17-7-2-3-8-19(17)16-25/h2-5,7-8,10-13,15H,6,9,14,16H2,1H3/b13-12+. The predicted octanol–water partition coefficient (Wildman–Crippen LogP) is 4.37. The van der Waals surface area contributed by atoms with E-state index >= 15 is 0 Å². The van der Waals surface area contributed by atoms with E-state index in [9.17, 15) is 4.79 Å². The van der Waals surface area contributed by atoms with Crippen molar-refractivity contribution in [2.24, 2.45) is 0 Å². The summed E-state index contributed by atoms with van der Waals surface area (Å²) in [4.78, 5) is 18.8. The molecule has 0 saturated heterocycles. The summed E-state index contributed by atoms with van der Waals surface area (Å²) >= 11 is 0. The van der Waals surface area contributed by atoms with Crippen molar-refractivity contribution >= 4 is 28.8 Å². The molecule has 0 atom stereocenters. The number of ether oxygens (including phenoxy) is 1. The van der Waals surface area contributed by atoms with E-state index in [2.05, 4.69) is 35.2 Å². The summed E-state index contributed by atoms with van der Waals surface area (Å²) in [5.74, 6) is 0.580. The maximum Gasteiger partial charge on any atom is 0.330 e. The van der Waals surface area contributed by atoms with Crippen LogP contribution in [0.4, 0.5) is 5.82 Å². The van der Waals surface area contributed by atoms with Crippen molar-refractivity contribution in [1.82, 2.24) is 4.98 Å². The lowest BCUT2D eigenvalue weighted by molar-refractivity contribution is -0.134. The van der Waals surface area contributed by atoms with E-state index in [0.717, 1.165) is 48.2 Å². The molecule has 4 rings (SSSR count). The number of carbonyl (C=O) groups is 1. The summed E-state index contributed by atoms with van der Waals surface area (Å²) in [5, 5.41) is 1.02. The van der Waals surface area contributed by atoms with Gasteiger partial charge >= 0.3 is 5.97 Å². The fourth-order valence-corrected chi connectivity index (χ4v) is 3.61. The summed E-state index contributed by atoms with van der Waals surface area (Å²) in [6, 6.07) is 18.7. The lowest BCUT2D eigenvalue weighted by atomic mass is 10.0. The number of pyridine rings is 1. The van der Waals surface area contributed by atoms with Crippen molar-refractivity contribution in [2.75, 3.05) is 18.6 Å². The van der Waals surface area contributed by atoms with Crippen molar-refractivity contribution < 1.29 is 9.53 Å². The first-order chi connectivity index (χ1) is 13.2. The summed E-state index contributed by atoms with van der Waals surface area (Å²) < 4.78 is 4.73. The van der Waals surface area contributed by atoms with Gasteiger partial charge in [-0.25, -0.2) is 9.78 Å². The minimum atomic E-state index is -0.360. The van der Waals surface area contributed by atoms with Gasteiger partial charge in [0.25, 0.3) is 0 Å². The largest absolute Gasteiger partial charge is 0.466 e. The third-order valence-electron chi connectivity index (χ3n) is 5.01. The molecule has 0 bridgehead atoms. The van der Waals surface area contributed by atoms with Crippen LogP contribution in [-0.2, 0) is 22.5 Å². The lowest BCUT2D eigenvalue weighted by Gasteiger charge is -2.23. The number of aryl methyl sites for hydroxylation is 1. The highest BCUT2D eigenvalue weighted by Gasteiger charge is 2.16. The molecule has 0 N–H and O–H groups in total. The van der Waals surface area contributed by atoms with Crippen LogP contribution in [0.1, 0.15) is 23.1 Å². The Bertz CT molecular complexity index is 1010. The van der Waals surface area contributed by atoms with Crippen molar-refractivity contribution in [3.05, 3.63) is 77.4 Å². The molecule has 1 aliphatic rings. The minimum Gasteiger partial charge on any atom is -0.466 e. The average Bonchev–Trinajstić information content (AvgIpc) is 2.94. The third kappa shape index (κ3) is 3.70. The quantitative estimate of drug-likeness (QED) is 0.515. The van der Waals surface area contributed by atoms with E-state index in [1.807, 2.05) is 30.3 Å². The number of hydrogen-bond donors (Lipinski definition) is 0. The van der Waals surface area contributed by atoms with Gasteiger partial charge in [-0.15, -0.1) is 0 Å². The van der Waals surface area contributed by atoms with Crippen LogP contribution in [0.2, 0.25) is 0 Å². The first-order valence-corrected chi connectivity index (χ1v) is 9.22. The van der Waals surface area contributed by atoms with Crippen molar-refractivity contribution in [2.45, 2.75) is 19.4 Å². The van der Waals surface area contributed by atoms with E-state index in [1.54, 1.807) is 0 Å². The van der Waals surface area contributed by atoms with Gasteiger partial charge in [-0.1, -0.05) is 42.5 Å². The number of hydrogen-bond acceptors (Lipinski definition) is 4. The van der Waals surface area contributed by atoms with Gasteiger partial charge in [0.1, 0.15) is 5.82 Å². The lowest BCUT2D eigenvalue weighted by Crippen LogP contribution is -2.23. The van der Waals surface area contributed by atoms with Gasteiger partial charge in [0.05, 0.1) is 12.6 Å². The van der Waals surface area contributed by atoms with Crippen LogP contribution in [0.15, 0.2) is 60.7 Å². The van der Waals surface area contributed by atoms with Crippen LogP contribution >= 0.6 is 0 Å². The van der Waals surface area contributed by atoms with Crippen LogP contribution in [0.3, 0.4) is 0 Å². The molecule has 0 amide bonds. The number of carbonyl (C=O) groups excluding carboxylic acids is 1. The highest BCUT2D eigenvalue weighted by atomic mass is 16.5. The van der Waals surface area contributed by atoms with Crippen LogP contribution < -0.4 is 4.90 Å². The smallest absolute Gasteiger partial charge is 0.330 e. The van der Waals surface area contributed by atoms with Crippen LogP contribution in [0.25, 0.3) is 17.0 Å². The van der Waals surface area contributed by atoms with Crippen molar-refractivity contribution in [3.8, 4) is 0 Å². The molecule has 0 saturated carbocycles. The second-order valence-electron chi connectivity index (χ2n) is 6.74. The van der Waals surface area contributed by atoms with E-state index in [0.29, 0.717) is 0 Å². The Labute approximate surface area is 159 Å². The highest BCUT2D eigenvalue weighted by molar-refractivity contribution is 5.94. The fraction of sp³-hybridized carbons (Fsp3) is 0.217. The van der Waals surface area contributed by atoms with Crippen LogP contribution in [0, 0.1) is 0 Å². The molecule has 2 aromatic carbocycles. The maximum absolute atomic E-state index is 11.6. The van der Waals surface area contributed by atoms with Gasteiger partial charge < -0.3 is 9.64 Å². The van der Waals surface area contributed by atoms with Crippen LogP contribution in [0.5, 0.6) is 0 Å². The van der Waals surface area contributed by atoms with Gasteiger partial charge in [-0.05, 0) is 47.7 Å². The summed E-state index contributed by atoms with van der Waals surface area (Å²) in [6.07, 6.45) is 5.46. The van der Waals surface area contributed by atoms with Crippen LogP contribution in [-0.4, -0.2) is 24.6 Å². The Morgan fingerprint density at radius 2 is 1.89 bits per heavy atom. The molecule has 0 unspecified atom stereocenters. The topological polar surface area (TPSA) is 42.4 Å². The third-order valence-corrected chi connectivity index (χ3v) is 5.01. The van der Waals surface area contributed by atoms with E-state index < -0.39 is 0 Å². The summed E-state index contributed by atoms with van der Waals surface area (Å²) in [6.45, 7) is 1.81. The van der Waals surface area contributed by atoms with Gasteiger partial charge in [0, 0.05) is 24.6 Å². The Morgan fingerprint density at radius 3 is 2.74 bits per heavy atom. The fourth-order valence-electron chi connectivity index (χ4n) is 3.61. The van der Waals surface area contributed by atoms with Gasteiger partial charge in [-0.2, -0.15) is 0 Å². The Hall–Kier alpha value is -3.14. The van der Waals surface area contributed by atoms with Gasteiger partial charge in [0.15, 0.2) is 0 Å². The number of para-hydroxylation sites is 1. The molecule has 0 radical (unpaired) electrons. The average molecular weight is 358 g/mol. The zero-order valence-corrected chi connectivity index (χ0v) is 15.4. The molecular weight excluding hydrogens is 336 g/mol. The number of benzene rings is 2. The zero-order chi connectivity index (χ0) is 18.6. The number of methoxy groups -OCH3 is 1. The minimum absolute atomic E-state index is 0.360. The summed E-state index contributed by atoms with van der Waals surface area (Å²) in [5.41, 5.74) is 4.68. The molecular formula is C23H22N2O2. The Morgan fingerprint density at radius 1 is 1.11 bits per heavy atom. The highest BCUT2D eigenvalue weighted by Crippen LogP contribution is 2.27. The van der Waals surface area contributed by atoms with E-state index in [-0.39, 0.29) is 5.97 Å². The molecule has 4 nitrogen and oxygen atoms in total. The monoisotopic (exact) mass is 358 g/mol. The first kappa shape index (κ1) is 17.3. The van der Waals surface area contributed by atoms with E-state index in [1.165, 1.54) is 24.3 Å². The SMILES string of the molecule is COC(=O)/C=C/c1cc(N2CCCc3ccccc3C2)nc2ccccc12. The molecule has 0 fully saturated rings. The molecule has 0 aliphatic carbocycles. The van der Waals surface area contributed by atoms with Gasteiger partial charge in [-0.3, -0.25) is 0 Å². The second kappa shape index (κ2) is 7.62. The molecule has 3 aromatic rings. The number of aromatic nitrogens is 1. The second-order valence-corrected chi connectivity index (χ2v) is 6.74. The molecule has 4 heteroatoms. The molecule has 1 aromatic heterocycles. The molecule has 1 aliphatic heterocycles. The number of esters is 1. The van der Waals surface area contributed by atoms with Gasteiger partial charge in [0.2, 0.25) is 0 Å². The Balaban J connectivity index is 1.75. The predicted molar refractivity (Wildman–Crippen MR) is 109 cm³/mol. The maximum atomic E-state index is 11.6. The Kier molecular flexibility index (Phi) is 4.88. The molecule has 2 heterocycles. The molecule has 0 spiro atoms. The summed E-state index contributed by atoms with van der Waals surface area (Å²) in [7, 11) is 1.39. The normalized spacial score (nSPS) is 14.2. The first-order valence-electron chi connectivity index (χ1n) is 9.22.